The number of carbonyl (C=O) groups is 2. The van der Waals surface area contributed by atoms with Gasteiger partial charge in [0, 0.05) is 21.2 Å². The number of amides is 1. The number of hydrogen-bond acceptors (Lipinski definition) is 3. The summed E-state index contributed by atoms with van der Waals surface area (Å²) < 4.78 is 6.82. The van der Waals surface area contributed by atoms with Crippen molar-refractivity contribution >= 4 is 33.9 Å². The summed E-state index contributed by atoms with van der Waals surface area (Å²) in [6, 6.07) is 23.2. The van der Waals surface area contributed by atoms with Gasteiger partial charge in [0.05, 0.1) is 0 Å². The van der Waals surface area contributed by atoms with Gasteiger partial charge in [-0.05, 0) is 30.3 Å². The number of benzene rings is 3. The highest BCUT2D eigenvalue weighted by molar-refractivity contribution is 9.10. The van der Waals surface area contributed by atoms with Crippen LogP contribution in [-0.2, 0) is 11.4 Å². The molecule has 0 aromatic heterocycles. The molecule has 6 heteroatoms. The maximum Gasteiger partial charge on any atom is 0.352 e. The number of halogens is 1. The van der Waals surface area contributed by atoms with Crippen LogP contribution in [0.4, 0.5) is 0 Å². The number of rotatable bonds is 7. The number of carboxylic acids is 1. The summed E-state index contributed by atoms with van der Waals surface area (Å²) >= 11 is 3.48. The van der Waals surface area contributed by atoms with Crippen molar-refractivity contribution < 1.29 is 19.4 Å². The Labute approximate surface area is 176 Å². The number of aliphatic carboxylic acids is 1. The number of carboxylic acid groups (broad SMARTS) is 1. The van der Waals surface area contributed by atoms with Crippen LogP contribution < -0.4 is 10.1 Å². The van der Waals surface area contributed by atoms with Crippen molar-refractivity contribution in [1.82, 2.24) is 5.32 Å². The molecule has 0 atom stereocenters. The first kappa shape index (κ1) is 20.4. The lowest BCUT2D eigenvalue weighted by molar-refractivity contribution is -0.132. The average molecular weight is 452 g/mol. The first-order chi connectivity index (χ1) is 14.0. The van der Waals surface area contributed by atoms with E-state index in [-0.39, 0.29) is 5.70 Å². The van der Waals surface area contributed by atoms with Gasteiger partial charge in [0.15, 0.2) is 0 Å². The van der Waals surface area contributed by atoms with Gasteiger partial charge in [-0.2, -0.15) is 0 Å². The molecule has 3 aromatic carbocycles. The molecule has 0 bridgehead atoms. The first-order valence-corrected chi connectivity index (χ1v) is 9.60. The van der Waals surface area contributed by atoms with E-state index in [4.69, 9.17) is 4.74 Å². The van der Waals surface area contributed by atoms with E-state index in [1.54, 1.807) is 54.6 Å². The Kier molecular flexibility index (Phi) is 6.81. The van der Waals surface area contributed by atoms with Gasteiger partial charge >= 0.3 is 5.97 Å². The van der Waals surface area contributed by atoms with Crippen LogP contribution in [0.25, 0.3) is 6.08 Å². The Balaban J connectivity index is 1.82. The smallest absolute Gasteiger partial charge is 0.352 e. The van der Waals surface area contributed by atoms with Gasteiger partial charge in [-0.25, -0.2) is 4.79 Å². The van der Waals surface area contributed by atoms with Crippen molar-refractivity contribution in [2.45, 2.75) is 6.61 Å². The molecule has 0 aliphatic carbocycles. The van der Waals surface area contributed by atoms with Gasteiger partial charge in [-0.1, -0.05) is 70.5 Å². The highest BCUT2D eigenvalue weighted by Crippen LogP contribution is 2.24. The fraction of sp³-hybridized carbons (Fsp3) is 0.0435. The van der Waals surface area contributed by atoms with Crippen LogP contribution in [-0.4, -0.2) is 17.0 Å². The van der Waals surface area contributed by atoms with E-state index in [0.29, 0.717) is 23.5 Å². The largest absolute Gasteiger partial charge is 0.488 e. The summed E-state index contributed by atoms with van der Waals surface area (Å²) in [6.07, 6.45) is 1.39. The Bertz CT molecular complexity index is 1050. The van der Waals surface area contributed by atoms with Gasteiger partial charge in [-0.15, -0.1) is 0 Å². The van der Waals surface area contributed by atoms with Gasteiger partial charge in [0.2, 0.25) is 0 Å². The molecule has 0 fully saturated rings. The molecule has 0 aliphatic heterocycles. The molecule has 0 spiro atoms. The zero-order valence-electron chi connectivity index (χ0n) is 15.3. The normalized spacial score (nSPS) is 11.0. The molecule has 3 rings (SSSR count). The van der Waals surface area contributed by atoms with E-state index in [1.165, 1.54) is 6.08 Å². The number of carbonyl (C=O) groups excluding carboxylic acids is 1. The Hall–Kier alpha value is -3.38. The van der Waals surface area contributed by atoms with E-state index in [2.05, 4.69) is 21.2 Å². The predicted octanol–water partition coefficient (Wildman–Crippen LogP) is 4.88. The van der Waals surface area contributed by atoms with Gasteiger partial charge in [-0.3, -0.25) is 4.79 Å². The standard InChI is InChI=1S/C23H18BrNO4/c24-19-12-6-4-11-18(19)15-29-21-13-7-5-10-17(21)14-20(23(27)28)25-22(26)16-8-2-1-3-9-16/h1-14H,15H2,(H,25,26)(H,27,28)/b20-14+. The number of hydrogen-bond donors (Lipinski definition) is 2. The lowest BCUT2D eigenvalue weighted by atomic mass is 10.1. The molecule has 0 aliphatic rings. The molecule has 0 radical (unpaired) electrons. The molecule has 1 amide bonds. The van der Waals surface area contributed by atoms with Crippen LogP contribution in [0.1, 0.15) is 21.5 Å². The van der Waals surface area contributed by atoms with E-state index >= 15 is 0 Å². The van der Waals surface area contributed by atoms with Crippen molar-refractivity contribution in [3.05, 3.63) is 106 Å². The van der Waals surface area contributed by atoms with Crippen molar-refractivity contribution in [3.63, 3.8) is 0 Å². The van der Waals surface area contributed by atoms with Gasteiger partial charge < -0.3 is 15.2 Å². The Morgan fingerprint density at radius 1 is 0.931 bits per heavy atom. The number of para-hydroxylation sites is 1. The van der Waals surface area contributed by atoms with E-state index in [9.17, 15) is 14.7 Å². The topological polar surface area (TPSA) is 75.6 Å². The molecular formula is C23H18BrNO4. The molecule has 3 aromatic rings. The van der Waals surface area contributed by atoms with Crippen LogP contribution in [0.3, 0.4) is 0 Å². The maximum absolute atomic E-state index is 12.3. The fourth-order valence-corrected chi connectivity index (χ4v) is 2.99. The number of nitrogens with one attached hydrogen (secondary N) is 1. The third-order valence-corrected chi connectivity index (χ3v) is 4.85. The van der Waals surface area contributed by atoms with E-state index in [1.807, 2.05) is 24.3 Å². The molecule has 0 saturated carbocycles. The van der Waals surface area contributed by atoms with Gasteiger partial charge in [0.25, 0.3) is 5.91 Å². The van der Waals surface area contributed by atoms with Gasteiger partial charge in [0.1, 0.15) is 18.1 Å². The van der Waals surface area contributed by atoms with Crippen LogP contribution in [0.15, 0.2) is 89.0 Å². The second-order valence-corrected chi connectivity index (χ2v) is 6.96. The van der Waals surface area contributed by atoms with E-state index in [0.717, 1.165) is 10.0 Å². The average Bonchev–Trinajstić information content (AvgIpc) is 2.74. The van der Waals surface area contributed by atoms with Crippen LogP contribution in [0.2, 0.25) is 0 Å². The van der Waals surface area contributed by atoms with Crippen molar-refractivity contribution in [1.29, 1.82) is 0 Å². The molecule has 146 valence electrons. The minimum Gasteiger partial charge on any atom is -0.488 e. The second kappa shape index (κ2) is 9.71. The third-order valence-electron chi connectivity index (χ3n) is 4.07. The summed E-state index contributed by atoms with van der Waals surface area (Å²) in [7, 11) is 0. The summed E-state index contributed by atoms with van der Waals surface area (Å²) in [5.74, 6) is -1.23. The highest BCUT2D eigenvalue weighted by Gasteiger charge is 2.14. The summed E-state index contributed by atoms with van der Waals surface area (Å²) in [5.41, 5.74) is 1.64. The maximum atomic E-state index is 12.3. The van der Waals surface area contributed by atoms with Crippen LogP contribution in [0, 0.1) is 0 Å². The summed E-state index contributed by atoms with van der Waals surface area (Å²) in [6.45, 7) is 0.311. The summed E-state index contributed by atoms with van der Waals surface area (Å²) in [4.78, 5) is 24.0. The van der Waals surface area contributed by atoms with E-state index < -0.39 is 11.9 Å². The molecule has 0 heterocycles. The minimum atomic E-state index is -1.24. The van der Waals surface area contributed by atoms with Crippen molar-refractivity contribution in [2.24, 2.45) is 0 Å². The number of ether oxygens (including phenoxy) is 1. The molecule has 0 saturated heterocycles. The highest BCUT2D eigenvalue weighted by atomic mass is 79.9. The molecular weight excluding hydrogens is 434 g/mol. The predicted molar refractivity (Wildman–Crippen MR) is 114 cm³/mol. The third kappa shape index (κ3) is 5.56. The Morgan fingerprint density at radius 2 is 1.59 bits per heavy atom. The van der Waals surface area contributed by atoms with Crippen molar-refractivity contribution in [2.75, 3.05) is 0 Å². The monoisotopic (exact) mass is 451 g/mol. The SMILES string of the molecule is O=C(O)/C(=C\c1ccccc1OCc1ccccc1Br)NC(=O)c1ccccc1. The van der Waals surface area contributed by atoms with Crippen molar-refractivity contribution in [3.8, 4) is 5.75 Å². The lowest BCUT2D eigenvalue weighted by Crippen LogP contribution is -2.27. The second-order valence-electron chi connectivity index (χ2n) is 6.10. The molecule has 5 nitrogen and oxygen atoms in total. The molecule has 2 N–H and O–H groups in total. The zero-order valence-corrected chi connectivity index (χ0v) is 16.9. The van der Waals surface area contributed by atoms with Crippen LogP contribution in [0.5, 0.6) is 5.75 Å². The fourth-order valence-electron chi connectivity index (χ4n) is 2.59. The summed E-state index contributed by atoms with van der Waals surface area (Å²) in [5, 5.41) is 12.0. The molecule has 29 heavy (non-hydrogen) atoms. The quantitative estimate of drug-likeness (QED) is 0.501. The first-order valence-electron chi connectivity index (χ1n) is 8.81. The zero-order chi connectivity index (χ0) is 20.6. The minimum absolute atomic E-state index is 0.240. The Morgan fingerprint density at radius 3 is 2.31 bits per heavy atom. The lowest BCUT2D eigenvalue weighted by Gasteiger charge is -2.12. The molecule has 0 unspecified atom stereocenters. The van der Waals surface area contributed by atoms with Crippen LogP contribution >= 0.6 is 15.9 Å².